The molecule has 4 heteroatoms. The number of hydrogen-bond donors (Lipinski definition) is 1. The Labute approximate surface area is 196 Å². The van der Waals surface area contributed by atoms with Crippen molar-refractivity contribution in [1.82, 2.24) is 5.32 Å². The van der Waals surface area contributed by atoms with E-state index in [0.29, 0.717) is 5.56 Å². The predicted octanol–water partition coefficient (Wildman–Crippen LogP) is 6.71. The summed E-state index contributed by atoms with van der Waals surface area (Å²) in [5.74, 6) is 1.61. The van der Waals surface area contributed by atoms with E-state index >= 15 is 0 Å². The van der Waals surface area contributed by atoms with E-state index in [4.69, 9.17) is 0 Å². The molecule has 1 heterocycles. The van der Waals surface area contributed by atoms with Crippen molar-refractivity contribution in [2.75, 3.05) is 18.0 Å². The minimum absolute atomic E-state index is 0.0336. The van der Waals surface area contributed by atoms with Crippen LogP contribution in [-0.2, 0) is 5.75 Å². The zero-order chi connectivity index (χ0) is 22.3. The van der Waals surface area contributed by atoms with Gasteiger partial charge in [-0.05, 0) is 73.2 Å². The number of rotatable bonds is 7. The Morgan fingerprint density at radius 2 is 1.75 bits per heavy atom. The minimum Gasteiger partial charge on any atom is -0.371 e. The average Bonchev–Trinajstić information content (AvgIpc) is 2.84. The van der Waals surface area contributed by atoms with Crippen molar-refractivity contribution < 1.29 is 4.79 Å². The lowest BCUT2D eigenvalue weighted by atomic mass is 9.99. The zero-order valence-corrected chi connectivity index (χ0v) is 19.8. The van der Waals surface area contributed by atoms with Crippen LogP contribution in [0.2, 0.25) is 0 Å². The van der Waals surface area contributed by atoms with Gasteiger partial charge in [0.15, 0.2) is 0 Å². The highest BCUT2D eigenvalue weighted by Crippen LogP contribution is 2.25. The fraction of sp³-hybridized carbons (Fsp3) is 0.321. The highest BCUT2D eigenvalue weighted by molar-refractivity contribution is 7.98. The Balaban J connectivity index is 1.31. The number of thioether (sulfide) groups is 1. The predicted molar refractivity (Wildman–Crippen MR) is 135 cm³/mol. The molecule has 2 atom stereocenters. The van der Waals surface area contributed by atoms with Crippen molar-refractivity contribution in [3.63, 3.8) is 0 Å². The fourth-order valence-corrected chi connectivity index (χ4v) is 5.07. The van der Waals surface area contributed by atoms with E-state index in [1.807, 2.05) is 37.3 Å². The molecule has 1 saturated heterocycles. The van der Waals surface area contributed by atoms with Crippen molar-refractivity contribution in [2.45, 2.75) is 43.4 Å². The summed E-state index contributed by atoms with van der Waals surface area (Å²) in [6.45, 7) is 6.63. The van der Waals surface area contributed by atoms with Gasteiger partial charge >= 0.3 is 0 Å². The van der Waals surface area contributed by atoms with Gasteiger partial charge in [-0.1, -0.05) is 49.4 Å². The van der Waals surface area contributed by atoms with Gasteiger partial charge in [0.1, 0.15) is 0 Å². The van der Waals surface area contributed by atoms with Gasteiger partial charge in [0.25, 0.3) is 5.91 Å². The van der Waals surface area contributed by atoms with Crippen LogP contribution < -0.4 is 10.2 Å². The molecule has 1 aliphatic heterocycles. The number of nitrogens with zero attached hydrogens (tertiary/aromatic N) is 1. The molecule has 0 bridgehead atoms. The van der Waals surface area contributed by atoms with Gasteiger partial charge < -0.3 is 10.2 Å². The van der Waals surface area contributed by atoms with Gasteiger partial charge in [0.2, 0.25) is 0 Å². The third kappa shape index (κ3) is 5.95. The van der Waals surface area contributed by atoms with Crippen LogP contribution in [0.15, 0.2) is 83.8 Å². The lowest BCUT2D eigenvalue weighted by Crippen LogP contribution is -2.34. The van der Waals surface area contributed by atoms with Crippen LogP contribution in [-0.4, -0.2) is 19.0 Å². The van der Waals surface area contributed by atoms with E-state index in [-0.39, 0.29) is 11.9 Å². The lowest BCUT2D eigenvalue weighted by molar-refractivity contribution is 0.0940. The molecule has 166 valence electrons. The number of benzene rings is 3. The number of amides is 1. The number of anilines is 1. The van der Waals surface area contributed by atoms with Gasteiger partial charge in [-0.2, -0.15) is 0 Å². The minimum atomic E-state index is -0.0369. The maximum absolute atomic E-state index is 12.7. The first-order valence-corrected chi connectivity index (χ1v) is 12.5. The highest BCUT2D eigenvalue weighted by atomic mass is 32.2. The first-order chi connectivity index (χ1) is 15.6. The third-order valence-electron chi connectivity index (χ3n) is 6.13. The van der Waals surface area contributed by atoms with E-state index in [1.54, 1.807) is 11.8 Å². The van der Waals surface area contributed by atoms with Gasteiger partial charge in [-0.15, -0.1) is 11.8 Å². The number of piperidine rings is 1. The van der Waals surface area contributed by atoms with Gasteiger partial charge in [-0.25, -0.2) is 0 Å². The van der Waals surface area contributed by atoms with Crippen molar-refractivity contribution >= 4 is 23.4 Å². The molecule has 0 unspecified atom stereocenters. The molecule has 4 rings (SSSR count). The van der Waals surface area contributed by atoms with Gasteiger partial charge in [0.05, 0.1) is 6.04 Å². The summed E-state index contributed by atoms with van der Waals surface area (Å²) < 4.78 is 0. The molecule has 1 N–H and O–H groups in total. The summed E-state index contributed by atoms with van der Waals surface area (Å²) in [6.07, 6.45) is 2.59. The van der Waals surface area contributed by atoms with Crippen LogP contribution in [0.25, 0.3) is 0 Å². The second kappa shape index (κ2) is 10.7. The van der Waals surface area contributed by atoms with E-state index in [1.165, 1.54) is 29.0 Å². The molecule has 1 fully saturated rings. The second-order valence-corrected chi connectivity index (χ2v) is 9.83. The monoisotopic (exact) mass is 444 g/mol. The lowest BCUT2D eigenvalue weighted by Gasteiger charge is -2.33. The molecule has 0 radical (unpaired) electrons. The van der Waals surface area contributed by atoms with Crippen LogP contribution in [0, 0.1) is 5.92 Å². The Bertz CT molecular complexity index is 1000. The molecule has 0 aliphatic carbocycles. The highest BCUT2D eigenvalue weighted by Gasteiger charge is 2.17. The fourth-order valence-electron chi connectivity index (χ4n) is 4.20. The first-order valence-electron chi connectivity index (χ1n) is 11.5. The van der Waals surface area contributed by atoms with E-state index in [0.717, 1.165) is 30.3 Å². The number of nitrogens with one attached hydrogen (secondary N) is 1. The molecular weight excluding hydrogens is 412 g/mol. The van der Waals surface area contributed by atoms with Crippen LogP contribution in [0.5, 0.6) is 0 Å². The van der Waals surface area contributed by atoms with Gasteiger partial charge in [-0.3, -0.25) is 4.79 Å². The van der Waals surface area contributed by atoms with E-state index in [9.17, 15) is 4.79 Å². The average molecular weight is 445 g/mol. The summed E-state index contributed by atoms with van der Waals surface area (Å²) in [6, 6.07) is 26.9. The number of carbonyl (C=O) groups is 1. The van der Waals surface area contributed by atoms with Crippen LogP contribution in [0.3, 0.4) is 0 Å². The van der Waals surface area contributed by atoms with E-state index in [2.05, 4.69) is 65.7 Å². The number of carbonyl (C=O) groups excluding carboxylic acids is 1. The molecular formula is C28H32N2OS. The third-order valence-corrected chi connectivity index (χ3v) is 7.21. The molecule has 0 aromatic heterocycles. The normalized spacial score (nSPS) is 17.1. The van der Waals surface area contributed by atoms with E-state index < -0.39 is 0 Å². The molecule has 0 spiro atoms. The topological polar surface area (TPSA) is 32.3 Å². The zero-order valence-electron chi connectivity index (χ0n) is 19.0. The number of hydrogen-bond acceptors (Lipinski definition) is 3. The maximum atomic E-state index is 12.7. The first kappa shape index (κ1) is 22.5. The largest absolute Gasteiger partial charge is 0.371 e. The Kier molecular flexibility index (Phi) is 7.54. The smallest absolute Gasteiger partial charge is 0.251 e. The van der Waals surface area contributed by atoms with Crippen molar-refractivity contribution in [1.29, 1.82) is 0 Å². The van der Waals surface area contributed by atoms with Crippen molar-refractivity contribution in [3.05, 3.63) is 95.6 Å². The molecule has 1 amide bonds. The second-order valence-electron chi connectivity index (χ2n) is 8.78. The Morgan fingerprint density at radius 3 is 2.44 bits per heavy atom. The Hall–Kier alpha value is -2.72. The molecule has 1 aliphatic rings. The summed E-state index contributed by atoms with van der Waals surface area (Å²) in [7, 11) is 0. The SMILES string of the molecule is C[C@H]1CCCN(c2ccc([C@@H](C)NC(=O)c3ccc(CSc4ccccc4)cc3)cc2)C1. The summed E-state index contributed by atoms with van der Waals surface area (Å²) in [5, 5.41) is 3.14. The van der Waals surface area contributed by atoms with Crippen molar-refractivity contribution in [2.24, 2.45) is 5.92 Å². The van der Waals surface area contributed by atoms with Crippen LogP contribution >= 0.6 is 11.8 Å². The molecule has 0 saturated carbocycles. The van der Waals surface area contributed by atoms with Crippen LogP contribution in [0.4, 0.5) is 5.69 Å². The van der Waals surface area contributed by atoms with Crippen molar-refractivity contribution in [3.8, 4) is 0 Å². The molecule has 3 nitrogen and oxygen atoms in total. The standard InChI is InChI=1S/C28H32N2OS/c1-21-7-6-18-30(19-21)26-16-14-24(15-17-26)22(2)29-28(31)25-12-10-23(11-13-25)20-32-27-8-4-3-5-9-27/h3-5,8-17,21-22H,6-7,18-20H2,1-2H3,(H,29,31)/t21-,22+/m0/s1. The summed E-state index contributed by atoms with van der Waals surface area (Å²) in [4.78, 5) is 16.5. The quantitative estimate of drug-likeness (QED) is 0.411. The summed E-state index contributed by atoms with van der Waals surface area (Å²) >= 11 is 1.80. The van der Waals surface area contributed by atoms with Crippen LogP contribution in [0.1, 0.15) is 54.2 Å². The van der Waals surface area contributed by atoms with Gasteiger partial charge in [0, 0.05) is 35.0 Å². The maximum Gasteiger partial charge on any atom is 0.251 e. The summed E-state index contributed by atoms with van der Waals surface area (Å²) in [5.41, 5.74) is 4.32. The molecule has 3 aromatic rings. The molecule has 32 heavy (non-hydrogen) atoms. The Morgan fingerprint density at radius 1 is 1.03 bits per heavy atom. The molecule has 3 aromatic carbocycles.